The van der Waals surface area contributed by atoms with Crippen LogP contribution in [0.5, 0.6) is 5.75 Å². The lowest BCUT2D eigenvalue weighted by Crippen LogP contribution is -2.36. The van der Waals surface area contributed by atoms with Gasteiger partial charge in [0.15, 0.2) is 0 Å². The first-order valence-corrected chi connectivity index (χ1v) is 8.41. The predicted molar refractivity (Wildman–Crippen MR) is 95.4 cm³/mol. The molecule has 0 aromatic heterocycles. The van der Waals surface area contributed by atoms with Crippen molar-refractivity contribution in [2.45, 2.75) is 6.54 Å². The zero-order valence-corrected chi connectivity index (χ0v) is 15.1. The number of carbonyl (C=O) groups excluding carboxylic acids is 1. The lowest BCUT2D eigenvalue weighted by Gasteiger charge is -2.17. The molecule has 0 radical (unpaired) electrons. The van der Waals surface area contributed by atoms with Crippen LogP contribution >= 0.6 is 15.9 Å². The van der Waals surface area contributed by atoms with Gasteiger partial charge in [-0.1, -0.05) is 34.1 Å². The maximum absolute atomic E-state index is 13.7. The van der Waals surface area contributed by atoms with E-state index in [-0.39, 0.29) is 18.3 Å². The average molecular weight is 395 g/mol. The second kappa shape index (κ2) is 9.39. The molecule has 128 valence electrons. The van der Waals surface area contributed by atoms with Crippen LogP contribution in [0.1, 0.15) is 5.56 Å². The van der Waals surface area contributed by atoms with E-state index in [4.69, 9.17) is 4.74 Å². The zero-order chi connectivity index (χ0) is 17.4. The van der Waals surface area contributed by atoms with Crippen LogP contribution < -0.4 is 10.1 Å². The van der Waals surface area contributed by atoms with Crippen LogP contribution in [0.15, 0.2) is 53.0 Å². The molecule has 0 aliphatic rings. The average Bonchev–Trinajstić information content (AvgIpc) is 2.56. The number of ether oxygens (including phenoxy) is 1. The van der Waals surface area contributed by atoms with E-state index in [2.05, 4.69) is 21.2 Å². The van der Waals surface area contributed by atoms with E-state index in [0.717, 1.165) is 10.2 Å². The molecule has 2 aromatic rings. The van der Waals surface area contributed by atoms with E-state index in [1.165, 1.54) is 6.07 Å². The van der Waals surface area contributed by atoms with Gasteiger partial charge in [-0.2, -0.15) is 0 Å². The Labute approximate surface area is 149 Å². The van der Waals surface area contributed by atoms with Gasteiger partial charge in [0.25, 0.3) is 0 Å². The summed E-state index contributed by atoms with van der Waals surface area (Å²) in [7, 11) is 1.78. The minimum Gasteiger partial charge on any atom is -0.492 e. The van der Waals surface area contributed by atoms with Crippen molar-refractivity contribution < 1.29 is 13.9 Å². The first-order valence-electron chi connectivity index (χ1n) is 7.61. The smallest absolute Gasteiger partial charge is 0.234 e. The minimum atomic E-state index is -0.276. The second-order valence-corrected chi connectivity index (χ2v) is 6.34. The molecule has 6 heteroatoms. The molecular formula is C18H20BrFN2O2. The van der Waals surface area contributed by atoms with Gasteiger partial charge < -0.3 is 10.1 Å². The van der Waals surface area contributed by atoms with Crippen molar-refractivity contribution in [2.24, 2.45) is 0 Å². The van der Waals surface area contributed by atoms with E-state index in [9.17, 15) is 9.18 Å². The number of rotatable bonds is 8. The van der Waals surface area contributed by atoms with Gasteiger partial charge in [0.05, 0.1) is 13.1 Å². The summed E-state index contributed by atoms with van der Waals surface area (Å²) in [6, 6.07) is 14.2. The van der Waals surface area contributed by atoms with Crippen molar-refractivity contribution in [1.29, 1.82) is 0 Å². The SMILES string of the molecule is CN(CC(=O)NCCOc1ccccc1)Cc1cc(Br)ccc1F. The lowest BCUT2D eigenvalue weighted by molar-refractivity contribution is -0.122. The van der Waals surface area contributed by atoms with Gasteiger partial charge in [-0.15, -0.1) is 0 Å². The van der Waals surface area contributed by atoms with Gasteiger partial charge in [0, 0.05) is 16.6 Å². The first-order chi connectivity index (χ1) is 11.5. The summed E-state index contributed by atoms with van der Waals surface area (Å²) in [4.78, 5) is 13.7. The van der Waals surface area contributed by atoms with Crippen molar-refractivity contribution in [3.63, 3.8) is 0 Å². The summed E-state index contributed by atoms with van der Waals surface area (Å²) in [5, 5.41) is 2.79. The van der Waals surface area contributed by atoms with Crippen molar-refractivity contribution in [3.05, 3.63) is 64.4 Å². The largest absolute Gasteiger partial charge is 0.492 e. The third-order valence-corrected chi connectivity index (χ3v) is 3.79. The second-order valence-electron chi connectivity index (χ2n) is 5.42. The number of likely N-dealkylation sites (N-methyl/N-ethyl adjacent to an activating group) is 1. The maximum Gasteiger partial charge on any atom is 0.234 e. The fourth-order valence-corrected chi connectivity index (χ4v) is 2.60. The van der Waals surface area contributed by atoms with Crippen molar-refractivity contribution in [2.75, 3.05) is 26.7 Å². The van der Waals surface area contributed by atoms with E-state index in [0.29, 0.717) is 25.3 Å². The Hall–Kier alpha value is -1.92. The summed E-state index contributed by atoms with van der Waals surface area (Å²) in [6.45, 7) is 1.38. The summed E-state index contributed by atoms with van der Waals surface area (Å²) >= 11 is 3.32. The van der Waals surface area contributed by atoms with E-state index >= 15 is 0 Å². The van der Waals surface area contributed by atoms with E-state index in [1.54, 1.807) is 24.1 Å². The summed E-state index contributed by atoms with van der Waals surface area (Å²) in [6.07, 6.45) is 0. The summed E-state index contributed by atoms with van der Waals surface area (Å²) in [5.41, 5.74) is 0.548. The normalized spacial score (nSPS) is 10.7. The Morgan fingerprint density at radius 2 is 2.00 bits per heavy atom. The molecule has 0 fully saturated rings. The fourth-order valence-electron chi connectivity index (χ4n) is 2.19. The summed E-state index contributed by atoms with van der Waals surface area (Å²) in [5.74, 6) is 0.375. The highest BCUT2D eigenvalue weighted by Gasteiger charge is 2.10. The molecule has 0 atom stereocenters. The molecule has 2 rings (SSSR count). The van der Waals surface area contributed by atoms with Crippen LogP contribution in [0.3, 0.4) is 0 Å². The number of hydrogen-bond acceptors (Lipinski definition) is 3. The highest BCUT2D eigenvalue weighted by Crippen LogP contribution is 2.16. The number of hydrogen-bond donors (Lipinski definition) is 1. The van der Waals surface area contributed by atoms with Gasteiger partial charge in [-0.3, -0.25) is 9.69 Å². The number of para-hydroxylation sites is 1. The lowest BCUT2D eigenvalue weighted by atomic mass is 10.2. The van der Waals surface area contributed by atoms with Crippen LogP contribution in [0.2, 0.25) is 0 Å². The number of carbonyl (C=O) groups is 1. The van der Waals surface area contributed by atoms with Gasteiger partial charge in [-0.25, -0.2) is 4.39 Å². The van der Waals surface area contributed by atoms with Crippen LogP contribution in [-0.2, 0) is 11.3 Å². The minimum absolute atomic E-state index is 0.121. The number of nitrogens with one attached hydrogen (secondary N) is 1. The Kier molecular flexibility index (Phi) is 7.21. The van der Waals surface area contributed by atoms with Crippen molar-refractivity contribution in [1.82, 2.24) is 10.2 Å². The highest BCUT2D eigenvalue weighted by atomic mass is 79.9. The molecule has 0 saturated heterocycles. The molecule has 4 nitrogen and oxygen atoms in total. The standard InChI is InChI=1S/C18H20BrFN2O2/c1-22(12-14-11-15(19)7-8-17(14)20)13-18(23)21-9-10-24-16-5-3-2-4-6-16/h2-8,11H,9-10,12-13H2,1H3,(H,21,23). The molecule has 1 N–H and O–H groups in total. The number of amides is 1. The fraction of sp³-hybridized carbons (Fsp3) is 0.278. The Bertz CT molecular complexity index is 667. The van der Waals surface area contributed by atoms with E-state index < -0.39 is 0 Å². The van der Waals surface area contributed by atoms with Crippen LogP contribution in [-0.4, -0.2) is 37.6 Å². The van der Waals surface area contributed by atoms with Crippen LogP contribution in [0.25, 0.3) is 0 Å². The summed E-state index contributed by atoms with van der Waals surface area (Å²) < 4.78 is 20.0. The predicted octanol–water partition coefficient (Wildman–Crippen LogP) is 3.22. The first kappa shape index (κ1) is 18.4. The molecule has 0 unspecified atom stereocenters. The highest BCUT2D eigenvalue weighted by molar-refractivity contribution is 9.10. The van der Waals surface area contributed by atoms with Crippen molar-refractivity contribution in [3.8, 4) is 5.75 Å². The number of nitrogens with zero attached hydrogens (tertiary/aromatic N) is 1. The molecule has 0 bridgehead atoms. The molecule has 0 aliphatic carbocycles. The van der Waals surface area contributed by atoms with Crippen LogP contribution in [0.4, 0.5) is 4.39 Å². The van der Waals surface area contributed by atoms with Gasteiger partial charge in [-0.05, 0) is 37.4 Å². The quantitative estimate of drug-likeness (QED) is 0.698. The number of benzene rings is 2. The Balaban J connectivity index is 1.69. The molecule has 0 aliphatic heterocycles. The Morgan fingerprint density at radius 3 is 2.75 bits per heavy atom. The van der Waals surface area contributed by atoms with Crippen molar-refractivity contribution >= 4 is 21.8 Å². The van der Waals surface area contributed by atoms with Crippen LogP contribution in [0, 0.1) is 5.82 Å². The molecule has 24 heavy (non-hydrogen) atoms. The third-order valence-electron chi connectivity index (χ3n) is 3.30. The number of halogens is 2. The maximum atomic E-state index is 13.7. The monoisotopic (exact) mass is 394 g/mol. The topological polar surface area (TPSA) is 41.6 Å². The zero-order valence-electron chi connectivity index (χ0n) is 13.5. The Morgan fingerprint density at radius 1 is 1.25 bits per heavy atom. The molecule has 0 heterocycles. The molecule has 1 amide bonds. The van der Waals surface area contributed by atoms with Gasteiger partial charge in [0.2, 0.25) is 5.91 Å². The molecule has 2 aromatic carbocycles. The van der Waals surface area contributed by atoms with Gasteiger partial charge >= 0.3 is 0 Å². The molecule has 0 saturated carbocycles. The third kappa shape index (κ3) is 6.29. The molecule has 0 spiro atoms. The molecular weight excluding hydrogens is 375 g/mol. The van der Waals surface area contributed by atoms with E-state index in [1.807, 2.05) is 30.3 Å². The van der Waals surface area contributed by atoms with Gasteiger partial charge in [0.1, 0.15) is 18.2 Å².